The number of rotatable bonds is 6. The van der Waals surface area contributed by atoms with E-state index in [0.29, 0.717) is 12.1 Å². The van der Waals surface area contributed by atoms with Crippen LogP contribution in [0, 0.1) is 5.92 Å². The quantitative estimate of drug-likeness (QED) is 0.801. The second kappa shape index (κ2) is 7.58. The van der Waals surface area contributed by atoms with Crippen LogP contribution in [0.1, 0.15) is 41.8 Å². The molecule has 0 fully saturated rings. The third-order valence-corrected chi connectivity index (χ3v) is 3.73. The Bertz CT molecular complexity index is 667. The van der Waals surface area contributed by atoms with Gasteiger partial charge in [-0.1, -0.05) is 37.3 Å². The van der Waals surface area contributed by atoms with E-state index in [-0.39, 0.29) is 11.9 Å². The fourth-order valence-corrected chi connectivity index (χ4v) is 2.36. The molecule has 0 radical (unpaired) electrons. The lowest BCUT2D eigenvalue weighted by molar-refractivity contribution is -0.145. The number of imidazole rings is 1. The van der Waals surface area contributed by atoms with E-state index < -0.39 is 12.0 Å². The summed E-state index contributed by atoms with van der Waals surface area (Å²) in [7, 11) is 1.34. The first-order valence-corrected chi connectivity index (χ1v) is 7.54. The van der Waals surface area contributed by atoms with E-state index >= 15 is 0 Å². The summed E-state index contributed by atoms with van der Waals surface area (Å²) in [5.74, 6) is -0.452. The number of carbonyl (C=O) groups excluding carboxylic acids is 2. The van der Waals surface area contributed by atoms with Gasteiger partial charge in [-0.3, -0.25) is 9.59 Å². The van der Waals surface area contributed by atoms with E-state index in [0.717, 1.165) is 11.4 Å². The minimum Gasteiger partial charge on any atom is -0.469 e. The van der Waals surface area contributed by atoms with Gasteiger partial charge in [-0.25, -0.2) is 4.98 Å². The number of esters is 1. The maximum Gasteiger partial charge on any atom is 0.310 e. The van der Waals surface area contributed by atoms with Gasteiger partial charge in [-0.15, -0.1) is 0 Å². The van der Waals surface area contributed by atoms with Crippen LogP contribution in [-0.4, -0.2) is 29.0 Å². The van der Waals surface area contributed by atoms with Gasteiger partial charge in [0.15, 0.2) is 0 Å². The van der Waals surface area contributed by atoms with Crippen LogP contribution in [0.15, 0.2) is 36.5 Å². The highest BCUT2D eigenvalue weighted by atomic mass is 16.5. The van der Waals surface area contributed by atoms with Crippen LogP contribution < -0.4 is 5.32 Å². The first-order valence-electron chi connectivity index (χ1n) is 7.54. The van der Waals surface area contributed by atoms with Crippen molar-refractivity contribution < 1.29 is 14.3 Å². The molecular formula is C17H21N3O3. The van der Waals surface area contributed by atoms with Crippen LogP contribution in [0.3, 0.4) is 0 Å². The number of nitrogens with zero attached hydrogens (tertiary/aromatic N) is 1. The Balaban J connectivity index is 2.23. The zero-order valence-corrected chi connectivity index (χ0v) is 13.5. The molecule has 1 aromatic carbocycles. The molecule has 0 aliphatic rings. The summed E-state index contributed by atoms with van der Waals surface area (Å²) in [6, 6.07) is 8.87. The van der Waals surface area contributed by atoms with Crippen molar-refractivity contribution in [3.05, 3.63) is 53.6 Å². The number of hydrogen-bond acceptors (Lipinski definition) is 4. The Hall–Kier alpha value is -2.63. The van der Waals surface area contributed by atoms with Crippen molar-refractivity contribution in [2.75, 3.05) is 7.11 Å². The highest BCUT2D eigenvalue weighted by Crippen LogP contribution is 2.23. The van der Waals surface area contributed by atoms with E-state index in [4.69, 9.17) is 4.74 Å². The van der Waals surface area contributed by atoms with Crippen LogP contribution in [0.5, 0.6) is 0 Å². The van der Waals surface area contributed by atoms with Crippen molar-refractivity contribution in [1.29, 1.82) is 0 Å². The van der Waals surface area contributed by atoms with Gasteiger partial charge in [0.05, 0.1) is 25.3 Å². The van der Waals surface area contributed by atoms with E-state index in [1.807, 2.05) is 37.3 Å². The molecule has 0 unspecified atom stereocenters. The van der Waals surface area contributed by atoms with Gasteiger partial charge >= 0.3 is 5.97 Å². The molecule has 0 saturated heterocycles. The minimum atomic E-state index is -0.514. The third kappa shape index (κ3) is 3.97. The molecule has 0 saturated carbocycles. The normalized spacial score (nSPS) is 13.2. The standard InChI is InChI=1S/C17H21N3O3/c1-4-14-18-10-13(19-14)16(21)20-15(11(2)17(22)23-3)12-8-6-5-7-9-12/h5-11,15H,4H2,1-3H3,(H,18,19)(H,20,21)/t11-,15-/m0/s1. The van der Waals surface area contributed by atoms with Gasteiger partial charge in [0.2, 0.25) is 0 Å². The summed E-state index contributed by atoms with van der Waals surface area (Å²) in [5, 5.41) is 2.89. The van der Waals surface area contributed by atoms with Crippen molar-refractivity contribution in [1.82, 2.24) is 15.3 Å². The Kier molecular flexibility index (Phi) is 5.51. The lowest BCUT2D eigenvalue weighted by Crippen LogP contribution is -2.36. The molecule has 1 heterocycles. The van der Waals surface area contributed by atoms with Gasteiger partial charge in [0.25, 0.3) is 5.91 Å². The fourth-order valence-electron chi connectivity index (χ4n) is 2.36. The first-order chi connectivity index (χ1) is 11.1. The van der Waals surface area contributed by atoms with E-state index in [1.165, 1.54) is 13.3 Å². The van der Waals surface area contributed by atoms with Crippen molar-refractivity contribution >= 4 is 11.9 Å². The molecule has 2 rings (SSSR count). The number of H-pyrrole nitrogens is 1. The van der Waals surface area contributed by atoms with Crippen molar-refractivity contribution in [2.24, 2.45) is 5.92 Å². The maximum absolute atomic E-state index is 12.4. The topological polar surface area (TPSA) is 84.1 Å². The average molecular weight is 315 g/mol. The van der Waals surface area contributed by atoms with Gasteiger partial charge in [-0.2, -0.15) is 0 Å². The van der Waals surface area contributed by atoms with Gasteiger partial charge in [-0.05, 0) is 12.5 Å². The number of benzene rings is 1. The van der Waals surface area contributed by atoms with E-state index in [9.17, 15) is 9.59 Å². The smallest absolute Gasteiger partial charge is 0.310 e. The van der Waals surface area contributed by atoms with Gasteiger partial charge in [0.1, 0.15) is 11.5 Å². The van der Waals surface area contributed by atoms with E-state index in [1.54, 1.807) is 6.92 Å². The number of ether oxygens (including phenoxy) is 1. The molecule has 23 heavy (non-hydrogen) atoms. The highest BCUT2D eigenvalue weighted by Gasteiger charge is 2.28. The largest absolute Gasteiger partial charge is 0.469 e. The number of aromatic nitrogens is 2. The second-order valence-corrected chi connectivity index (χ2v) is 5.27. The summed E-state index contributed by atoms with van der Waals surface area (Å²) >= 11 is 0. The number of methoxy groups -OCH3 is 1. The molecule has 0 bridgehead atoms. The molecule has 0 aliphatic heterocycles. The third-order valence-electron chi connectivity index (χ3n) is 3.73. The number of aromatic amines is 1. The number of nitrogens with one attached hydrogen (secondary N) is 2. The van der Waals surface area contributed by atoms with Crippen molar-refractivity contribution in [2.45, 2.75) is 26.3 Å². The molecular weight excluding hydrogens is 294 g/mol. The Labute approximate surface area is 135 Å². The number of hydrogen-bond donors (Lipinski definition) is 2. The first kappa shape index (κ1) is 16.7. The summed E-state index contributed by atoms with van der Waals surface area (Å²) in [6.07, 6.45) is 2.22. The summed E-state index contributed by atoms with van der Waals surface area (Å²) in [4.78, 5) is 31.4. The zero-order valence-electron chi connectivity index (χ0n) is 13.5. The molecule has 6 heteroatoms. The molecule has 2 N–H and O–H groups in total. The highest BCUT2D eigenvalue weighted by molar-refractivity contribution is 5.92. The maximum atomic E-state index is 12.4. The summed E-state index contributed by atoms with van der Waals surface area (Å²) in [6.45, 7) is 3.68. The van der Waals surface area contributed by atoms with Gasteiger partial charge in [0, 0.05) is 6.42 Å². The molecule has 2 aromatic rings. The fraction of sp³-hybridized carbons (Fsp3) is 0.353. The molecule has 0 aliphatic carbocycles. The predicted octanol–water partition coefficient (Wildman–Crippen LogP) is 2.25. The molecule has 1 amide bonds. The molecule has 6 nitrogen and oxygen atoms in total. The Morgan fingerprint density at radius 1 is 1.30 bits per heavy atom. The summed E-state index contributed by atoms with van der Waals surface area (Å²) in [5.41, 5.74) is 1.22. The van der Waals surface area contributed by atoms with Crippen molar-refractivity contribution in [3.63, 3.8) is 0 Å². The van der Waals surface area contributed by atoms with Crippen molar-refractivity contribution in [3.8, 4) is 0 Å². The SMILES string of the molecule is CCc1ncc(C(=O)N[C@H](c2ccccc2)[C@H](C)C(=O)OC)[nH]1. The molecule has 2 atom stereocenters. The number of amides is 1. The monoisotopic (exact) mass is 315 g/mol. The zero-order chi connectivity index (χ0) is 16.8. The Morgan fingerprint density at radius 2 is 2.00 bits per heavy atom. The van der Waals surface area contributed by atoms with Crippen LogP contribution in [-0.2, 0) is 16.0 Å². The van der Waals surface area contributed by atoms with Crippen LogP contribution in [0.25, 0.3) is 0 Å². The molecule has 122 valence electrons. The van der Waals surface area contributed by atoms with Crippen LogP contribution >= 0.6 is 0 Å². The lowest BCUT2D eigenvalue weighted by atomic mass is 9.94. The minimum absolute atomic E-state index is 0.304. The Morgan fingerprint density at radius 3 is 2.57 bits per heavy atom. The van der Waals surface area contributed by atoms with E-state index in [2.05, 4.69) is 15.3 Å². The predicted molar refractivity (Wildman–Crippen MR) is 85.8 cm³/mol. The lowest BCUT2D eigenvalue weighted by Gasteiger charge is -2.23. The summed E-state index contributed by atoms with van der Waals surface area (Å²) < 4.78 is 4.81. The van der Waals surface area contributed by atoms with Crippen LogP contribution in [0.2, 0.25) is 0 Å². The molecule has 0 spiro atoms. The average Bonchev–Trinajstić information content (AvgIpc) is 3.08. The second-order valence-electron chi connectivity index (χ2n) is 5.27. The van der Waals surface area contributed by atoms with Crippen LogP contribution in [0.4, 0.5) is 0 Å². The molecule has 1 aromatic heterocycles. The number of carbonyl (C=O) groups is 2. The number of aryl methyl sites for hydroxylation is 1. The van der Waals surface area contributed by atoms with Gasteiger partial charge < -0.3 is 15.0 Å².